The highest BCUT2D eigenvalue weighted by Gasteiger charge is 2.09. The molecule has 0 aliphatic rings. The molecule has 0 aliphatic carbocycles. The van der Waals surface area contributed by atoms with Gasteiger partial charge in [-0.2, -0.15) is 4.98 Å². The summed E-state index contributed by atoms with van der Waals surface area (Å²) in [5.41, 5.74) is 5.88. The number of aromatic nitrogens is 2. The van der Waals surface area contributed by atoms with Crippen LogP contribution in [-0.2, 0) is 0 Å². The zero-order valence-corrected chi connectivity index (χ0v) is 12.5. The number of carbonyl (C=O) groups is 1. The van der Waals surface area contributed by atoms with Gasteiger partial charge in [0.2, 0.25) is 11.8 Å². The summed E-state index contributed by atoms with van der Waals surface area (Å²) in [6.45, 7) is 1.75. The van der Waals surface area contributed by atoms with Crippen molar-refractivity contribution >= 4 is 23.5 Å². The second-order valence-electron chi connectivity index (χ2n) is 4.58. The van der Waals surface area contributed by atoms with Crippen molar-refractivity contribution in [3.63, 3.8) is 0 Å². The van der Waals surface area contributed by atoms with E-state index >= 15 is 0 Å². The third-order valence-electron chi connectivity index (χ3n) is 2.57. The van der Waals surface area contributed by atoms with Gasteiger partial charge < -0.3 is 20.9 Å². The van der Waals surface area contributed by atoms with E-state index in [-0.39, 0.29) is 29.4 Å². The first-order chi connectivity index (χ1) is 10.4. The molecular formula is C14H15ClN4O3. The lowest BCUT2D eigenvalue weighted by Gasteiger charge is -2.09. The Kier molecular flexibility index (Phi) is 5.13. The smallest absolute Gasteiger partial charge is 0.251 e. The number of nitrogens with zero attached hydrogens (tertiary/aromatic N) is 2. The fourth-order valence-electron chi connectivity index (χ4n) is 1.63. The van der Waals surface area contributed by atoms with Gasteiger partial charge in [-0.15, -0.1) is 0 Å². The van der Waals surface area contributed by atoms with E-state index in [1.807, 2.05) is 0 Å². The van der Waals surface area contributed by atoms with Crippen LogP contribution in [0.2, 0.25) is 5.15 Å². The molecule has 4 N–H and O–H groups in total. The van der Waals surface area contributed by atoms with Crippen LogP contribution in [0.25, 0.3) is 0 Å². The maximum Gasteiger partial charge on any atom is 0.251 e. The van der Waals surface area contributed by atoms with Gasteiger partial charge in [0, 0.05) is 18.2 Å². The van der Waals surface area contributed by atoms with Crippen molar-refractivity contribution < 1.29 is 14.6 Å². The summed E-state index contributed by atoms with van der Waals surface area (Å²) in [4.78, 5) is 19.5. The predicted molar refractivity (Wildman–Crippen MR) is 82.0 cm³/mol. The molecule has 1 unspecified atom stereocenters. The molecule has 1 atom stereocenters. The Bertz CT molecular complexity index is 659. The number of ether oxygens (including phenoxy) is 1. The van der Waals surface area contributed by atoms with E-state index in [1.54, 1.807) is 31.2 Å². The fourth-order valence-corrected chi connectivity index (χ4v) is 1.81. The first-order valence-corrected chi connectivity index (χ1v) is 6.86. The van der Waals surface area contributed by atoms with Gasteiger partial charge in [0.1, 0.15) is 10.9 Å². The summed E-state index contributed by atoms with van der Waals surface area (Å²) in [7, 11) is 0. The third kappa shape index (κ3) is 4.57. The number of rotatable bonds is 5. The Morgan fingerprint density at radius 2 is 2.23 bits per heavy atom. The summed E-state index contributed by atoms with van der Waals surface area (Å²) in [6.07, 6.45) is -0.616. The van der Waals surface area contributed by atoms with Gasteiger partial charge in [-0.3, -0.25) is 4.79 Å². The average Bonchev–Trinajstić information content (AvgIpc) is 2.44. The first kappa shape index (κ1) is 16.0. The maximum atomic E-state index is 11.9. The highest BCUT2D eigenvalue weighted by molar-refractivity contribution is 6.29. The minimum atomic E-state index is -0.616. The van der Waals surface area contributed by atoms with Crippen LogP contribution in [0.15, 0.2) is 30.3 Å². The van der Waals surface area contributed by atoms with Gasteiger partial charge in [-0.1, -0.05) is 17.7 Å². The molecular weight excluding hydrogens is 308 g/mol. The molecule has 0 spiro atoms. The van der Waals surface area contributed by atoms with Crippen molar-refractivity contribution in [2.75, 3.05) is 12.3 Å². The Balaban J connectivity index is 2.12. The molecule has 0 radical (unpaired) electrons. The van der Waals surface area contributed by atoms with Gasteiger partial charge in [0.05, 0.1) is 6.10 Å². The van der Waals surface area contributed by atoms with Crippen molar-refractivity contribution in [1.82, 2.24) is 15.3 Å². The number of hydrogen-bond acceptors (Lipinski definition) is 6. The molecule has 2 rings (SSSR count). The predicted octanol–water partition coefficient (Wildman–Crippen LogP) is 1.62. The molecule has 1 heterocycles. The Morgan fingerprint density at radius 1 is 1.45 bits per heavy atom. The van der Waals surface area contributed by atoms with E-state index in [9.17, 15) is 9.90 Å². The number of benzene rings is 1. The Labute approximate surface area is 132 Å². The number of carbonyl (C=O) groups excluding carboxylic acids is 1. The van der Waals surface area contributed by atoms with Gasteiger partial charge >= 0.3 is 0 Å². The minimum absolute atomic E-state index is 0.00617. The summed E-state index contributed by atoms with van der Waals surface area (Å²) in [5.74, 6) is 0.262. The fraction of sp³-hybridized carbons (Fsp3) is 0.214. The number of amides is 1. The molecule has 2 aromatic rings. The zero-order chi connectivity index (χ0) is 16.1. The molecule has 116 valence electrons. The van der Waals surface area contributed by atoms with Crippen LogP contribution in [0, 0.1) is 0 Å². The van der Waals surface area contributed by atoms with E-state index < -0.39 is 6.10 Å². The standard InChI is InChI=1S/C14H15ClN4O3/c1-8(20)7-17-13(21)9-3-2-4-10(5-9)22-12-6-11(15)18-14(16)19-12/h2-6,8,20H,7H2,1H3,(H,17,21)(H2,16,18,19). The van der Waals surface area contributed by atoms with Crippen molar-refractivity contribution in [1.29, 1.82) is 0 Å². The molecule has 1 aromatic heterocycles. The zero-order valence-electron chi connectivity index (χ0n) is 11.8. The first-order valence-electron chi connectivity index (χ1n) is 6.48. The Hall–Kier alpha value is -2.38. The average molecular weight is 323 g/mol. The Morgan fingerprint density at radius 3 is 2.91 bits per heavy atom. The normalized spacial score (nSPS) is 11.8. The second kappa shape index (κ2) is 7.06. The van der Waals surface area contributed by atoms with Crippen molar-refractivity contribution in [2.45, 2.75) is 13.0 Å². The van der Waals surface area contributed by atoms with Crippen molar-refractivity contribution in [2.24, 2.45) is 0 Å². The van der Waals surface area contributed by atoms with E-state index in [2.05, 4.69) is 15.3 Å². The number of hydrogen-bond donors (Lipinski definition) is 3. The largest absolute Gasteiger partial charge is 0.439 e. The van der Waals surface area contributed by atoms with E-state index in [0.717, 1.165) is 0 Å². The van der Waals surface area contributed by atoms with Crippen LogP contribution in [0.1, 0.15) is 17.3 Å². The van der Waals surface area contributed by atoms with Gasteiger partial charge in [-0.05, 0) is 25.1 Å². The lowest BCUT2D eigenvalue weighted by Crippen LogP contribution is -2.30. The van der Waals surface area contributed by atoms with Crippen LogP contribution in [-0.4, -0.2) is 33.6 Å². The maximum absolute atomic E-state index is 11.9. The number of halogens is 1. The summed E-state index contributed by atoms with van der Waals surface area (Å²) in [5, 5.41) is 11.9. The van der Waals surface area contributed by atoms with E-state index in [0.29, 0.717) is 11.3 Å². The molecule has 22 heavy (non-hydrogen) atoms. The molecule has 0 saturated carbocycles. The molecule has 1 amide bonds. The van der Waals surface area contributed by atoms with Crippen molar-refractivity contribution in [3.05, 3.63) is 41.0 Å². The van der Waals surface area contributed by atoms with Gasteiger partial charge in [0.25, 0.3) is 5.91 Å². The molecule has 0 aliphatic heterocycles. The summed E-state index contributed by atoms with van der Waals surface area (Å²) >= 11 is 5.77. The van der Waals surface area contributed by atoms with Crippen LogP contribution >= 0.6 is 11.6 Å². The lowest BCUT2D eigenvalue weighted by molar-refractivity contribution is 0.0923. The minimum Gasteiger partial charge on any atom is -0.439 e. The van der Waals surface area contributed by atoms with E-state index in [4.69, 9.17) is 22.1 Å². The highest BCUT2D eigenvalue weighted by Crippen LogP contribution is 2.23. The van der Waals surface area contributed by atoms with Crippen LogP contribution in [0.5, 0.6) is 11.6 Å². The van der Waals surface area contributed by atoms with Gasteiger partial charge in [0.15, 0.2) is 0 Å². The molecule has 0 bridgehead atoms. The van der Waals surface area contributed by atoms with Crippen molar-refractivity contribution in [3.8, 4) is 11.6 Å². The highest BCUT2D eigenvalue weighted by atomic mass is 35.5. The van der Waals surface area contributed by atoms with E-state index in [1.165, 1.54) is 6.07 Å². The molecule has 0 saturated heterocycles. The summed E-state index contributed by atoms with van der Waals surface area (Å²) in [6, 6.07) is 7.92. The quantitative estimate of drug-likeness (QED) is 0.721. The number of nitrogens with one attached hydrogen (secondary N) is 1. The number of aliphatic hydroxyl groups excluding tert-OH is 1. The second-order valence-corrected chi connectivity index (χ2v) is 4.96. The monoisotopic (exact) mass is 322 g/mol. The molecule has 7 nitrogen and oxygen atoms in total. The van der Waals surface area contributed by atoms with Crippen LogP contribution in [0.4, 0.5) is 5.95 Å². The molecule has 1 aromatic carbocycles. The third-order valence-corrected chi connectivity index (χ3v) is 2.76. The van der Waals surface area contributed by atoms with Crippen LogP contribution < -0.4 is 15.8 Å². The lowest BCUT2D eigenvalue weighted by atomic mass is 10.2. The molecule has 8 heteroatoms. The number of aliphatic hydroxyl groups is 1. The number of anilines is 1. The topological polar surface area (TPSA) is 110 Å². The SMILES string of the molecule is CC(O)CNC(=O)c1cccc(Oc2cc(Cl)nc(N)n2)c1. The van der Waals surface area contributed by atoms with Crippen LogP contribution in [0.3, 0.4) is 0 Å². The summed E-state index contributed by atoms with van der Waals surface area (Å²) < 4.78 is 5.51. The van der Waals surface area contributed by atoms with Gasteiger partial charge in [-0.25, -0.2) is 4.98 Å². The number of nitrogens with two attached hydrogens (primary N) is 1. The number of nitrogen functional groups attached to an aromatic ring is 1. The molecule has 0 fully saturated rings.